The lowest BCUT2D eigenvalue weighted by Crippen LogP contribution is -2.02. The van der Waals surface area contributed by atoms with Crippen LogP contribution in [0.1, 0.15) is 11.1 Å². The van der Waals surface area contributed by atoms with Crippen LogP contribution in [0.2, 0.25) is 5.02 Å². The van der Waals surface area contributed by atoms with E-state index < -0.39 is 4.92 Å². The molecule has 0 spiro atoms. The van der Waals surface area contributed by atoms with E-state index in [4.69, 9.17) is 16.3 Å². The van der Waals surface area contributed by atoms with Gasteiger partial charge in [0, 0.05) is 6.07 Å². The van der Waals surface area contributed by atoms with E-state index in [1.165, 1.54) is 6.07 Å². The lowest BCUT2D eigenvalue weighted by atomic mass is 10.2. The molecule has 5 heteroatoms. The first-order chi connectivity index (χ1) is 9.09. The van der Waals surface area contributed by atoms with Crippen LogP contribution in [0.15, 0.2) is 42.5 Å². The molecule has 0 aliphatic carbocycles. The van der Waals surface area contributed by atoms with Crippen LogP contribution in [0.4, 0.5) is 5.69 Å². The Hall–Kier alpha value is -2.07. The number of rotatable bonds is 4. The number of nitro benzene ring substituents is 1. The zero-order chi connectivity index (χ0) is 13.8. The van der Waals surface area contributed by atoms with Crippen molar-refractivity contribution in [1.29, 1.82) is 0 Å². The summed E-state index contributed by atoms with van der Waals surface area (Å²) >= 11 is 6.00. The first-order valence-corrected chi connectivity index (χ1v) is 6.07. The van der Waals surface area contributed by atoms with Gasteiger partial charge in [0.05, 0.1) is 15.5 Å². The molecule has 0 aromatic heterocycles. The van der Waals surface area contributed by atoms with Crippen molar-refractivity contribution in [3.05, 3.63) is 68.7 Å². The monoisotopic (exact) mass is 277 g/mol. The first kappa shape index (κ1) is 13.4. The maximum Gasteiger partial charge on any atom is 0.277 e. The third-order valence-electron chi connectivity index (χ3n) is 2.76. The summed E-state index contributed by atoms with van der Waals surface area (Å²) in [7, 11) is 0. The van der Waals surface area contributed by atoms with E-state index in [-0.39, 0.29) is 12.3 Å². The van der Waals surface area contributed by atoms with E-state index in [2.05, 4.69) is 0 Å². The lowest BCUT2D eigenvalue weighted by Gasteiger charge is -2.10. The minimum atomic E-state index is -0.456. The average Bonchev–Trinajstić information content (AvgIpc) is 2.38. The summed E-state index contributed by atoms with van der Waals surface area (Å²) < 4.78 is 5.61. The SMILES string of the molecule is Cc1ccccc1OCc1c(Cl)cccc1[N+](=O)[O-]. The molecule has 0 heterocycles. The Morgan fingerprint density at radius 2 is 1.95 bits per heavy atom. The second-order valence-corrected chi connectivity index (χ2v) is 4.46. The topological polar surface area (TPSA) is 52.4 Å². The van der Waals surface area contributed by atoms with Crippen molar-refractivity contribution in [2.24, 2.45) is 0 Å². The van der Waals surface area contributed by atoms with Gasteiger partial charge in [0.15, 0.2) is 0 Å². The summed E-state index contributed by atoms with van der Waals surface area (Å²) in [4.78, 5) is 10.5. The number of halogens is 1. The standard InChI is InChI=1S/C14H12ClNO3/c1-10-5-2-3-8-14(10)19-9-11-12(15)6-4-7-13(11)16(17)18/h2-8H,9H2,1H3. The molecule has 2 rings (SSSR count). The van der Waals surface area contributed by atoms with Crippen molar-refractivity contribution < 1.29 is 9.66 Å². The molecule has 0 amide bonds. The predicted octanol–water partition coefficient (Wildman–Crippen LogP) is 4.14. The van der Waals surface area contributed by atoms with E-state index in [9.17, 15) is 10.1 Å². The van der Waals surface area contributed by atoms with Gasteiger partial charge in [0.2, 0.25) is 0 Å². The van der Waals surface area contributed by atoms with Gasteiger partial charge >= 0.3 is 0 Å². The predicted molar refractivity (Wildman–Crippen MR) is 73.6 cm³/mol. The molecule has 0 unspecified atom stereocenters. The fourth-order valence-electron chi connectivity index (χ4n) is 1.73. The van der Waals surface area contributed by atoms with Crippen molar-refractivity contribution in [3.63, 3.8) is 0 Å². The van der Waals surface area contributed by atoms with Gasteiger partial charge in [-0.3, -0.25) is 10.1 Å². The van der Waals surface area contributed by atoms with Gasteiger partial charge in [-0.1, -0.05) is 35.9 Å². The highest BCUT2D eigenvalue weighted by Gasteiger charge is 2.17. The Balaban J connectivity index is 2.25. The summed E-state index contributed by atoms with van der Waals surface area (Å²) in [5, 5.41) is 11.3. The Morgan fingerprint density at radius 3 is 2.63 bits per heavy atom. The fraction of sp³-hybridized carbons (Fsp3) is 0.143. The van der Waals surface area contributed by atoms with Gasteiger partial charge in [0.1, 0.15) is 12.4 Å². The van der Waals surface area contributed by atoms with Crippen LogP contribution in [-0.4, -0.2) is 4.92 Å². The highest BCUT2D eigenvalue weighted by Crippen LogP contribution is 2.28. The Labute approximate surface area is 115 Å². The maximum absolute atomic E-state index is 10.9. The average molecular weight is 278 g/mol. The second kappa shape index (κ2) is 5.71. The minimum Gasteiger partial charge on any atom is -0.488 e. The first-order valence-electron chi connectivity index (χ1n) is 5.70. The van der Waals surface area contributed by atoms with Crippen LogP contribution in [0.3, 0.4) is 0 Å². The van der Waals surface area contributed by atoms with Crippen molar-refractivity contribution in [3.8, 4) is 5.75 Å². The highest BCUT2D eigenvalue weighted by atomic mass is 35.5. The van der Waals surface area contributed by atoms with E-state index in [1.54, 1.807) is 12.1 Å². The van der Waals surface area contributed by atoms with Crippen LogP contribution in [0.25, 0.3) is 0 Å². The van der Waals surface area contributed by atoms with Crippen molar-refractivity contribution >= 4 is 17.3 Å². The third kappa shape index (κ3) is 3.03. The van der Waals surface area contributed by atoms with Gasteiger partial charge in [-0.15, -0.1) is 0 Å². The van der Waals surface area contributed by atoms with Crippen LogP contribution >= 0.6 is 11.6 Å². The van der Waals surface area contributed by atoms with Crippen molar-refractivity contribution in [1.82, 2.24) is 0 Å². The van der Waals surface area contributed by atoms with Crippen LogP contribution in [0, 0.1) is 17.0 Å². The molecule has 0 aliphatic heterocycles. The van der Waals surface area contributed by atoms with E-state index >= 15 is 0 Å². The molecule has 0 radical (unpaired) electrons. The fourth-order valence-corrected chi connectivity index (χ4v) is 1.95. The number of nitro groups is 1. The molecule has 0 aliphatic rings. The molecule has 0 bridgehead atoms. The molecular weight excluding hydrogens is 266 g/mol. The summed E-state index contributed by atoms with van der Waals surface area (Å²) in [6.07, 6.45) is 0. The number of hydrogen-bond acceptors (Lipinski definition) is 3. The van der Waals surface area contributed by atoms with Crippen molar-refractivity contribution in [2.45, 2.75) is 13.5 Å². The van der Waals surface area contributed by atoms with Gasteiger partial charge in [-0.25, -0.2) is 0 Å². The molecule has 0 atom stereocenters. The number of hydrogen-bond donors (Lipinski definition) is 0. The number of para-hydroxylation sites is 1. The normalized spacial score (nSPS) is 10.2. The van der Waals surface area contributed by atoms with Crippen molar-refractivity contribution in [2.75, 3.05) is 0 Å². The largest absolute Gasteiger partial charge is 0.488 e. The van der Waals surface area contributed by atoms with Gasteiger partial charge in [-0.05, 0) is 24.6 Å². The van der Waals surface area contributed by atoms with E-state index in [1.807, 2.05) is 31.2 Å². The number of aryl methyl sites for hydroxylation is 1. The number of benzene rings is 2. The quantitative estimate of drug-likeness (QED) is 0.623. The minimum absolute atomic E-state index is 0.0268. The number of nitrogens with zero attached hydrogens (tertiary/aromatic N) is 1. The molecule has 0 fully saturated rings. The molecule has 2 aromatic rings. The van der Waals surface area contributed by atoms with Crippen LogP contribution < -0.4 is 4.74 Å². The van der Waals surface area contributed by atoms with Gasteiger partial charge in [0.25, 0.3) is 5.69 Å². The van der Waals surface area contributed by atoms with Crippen LogP contribution in [0.5, 0.6) is 5.75 Å². The van der Waals surface area contributed by atoms with E-state index in [0.717, 1.165) is 5.56 Å². The third-order valence-corrected chi connectivity index (χ3v) is 3.11. The molecule has 98 valence electrons. The summed E-state index contributed by atoms with van der Waals surface area (Å²) in [5.41, 5.74) is 1.33. The Bertz CT molecular complexity index is 613. The molecular formula is C14H12ClNO3. The molecule has 0 saturated heterocycles. The highest BCUT2D eigenvalue weighted by molar-refractivity contribution is 6.31. The molecule has 4 nitrogen and oxygen atoms in total. The zero-order valence-corrected chi connectivity index (χ0v) is 11.1. The summed E-state index contributed by atoms with van der Waals surface area (Å²) in [6, 6.07) is 12.1. The smallest absolute Gasteiger partial charge is 0.277 e. The lowest BCUT2D eigenvalue weighted by molar-refractivity contribution is -0.385. The second-order valence-electron chi connectivity index (χ2n) is 4.05. The molecule has 0 saturated carbocycles. The van der Waals surface area contributed by atoms with Gasteiger partial charge in [-0.2, -0.15) is 0 Å². The summed E-state index contributed by atoms with van der Waals surface area (Å²) in [6.45, 7) is 1.98. The van der Waals surface area contributed by atoms with Crippen LogP contribution in [-0.2, 0) is 6.61 Å². The van der Waals surface area contributed by atoms with Gasteiger partial charge < -0.3 is 4.74 Å². The van der Waals surface area contributed by atoms with E-state index in [0.29, 0.717) is 16.3 Å². The zero-order valence-electron chi connectivity index (χ0n) is 10.3. The Morgan fingerprint density at radius 1 is 1.21 bits per heavy atom. The summed E-state index contributed by atoms with van der Waals surface area (Å²) in [5.74, 6) is 0.691. The Kier molecular flexibility index (Phi) is 4.02. The molecule has 0 N–H and O–H groups in total. The number of ether oxygens (including phenoxy) is 1. The molecule has 2 aromatic carbocycles. The molecule has 19 heavy (non-hydrogen) atoms. The maximum atomic E-state index is 10.9.